The zero-order valence-corrected chi connectivity index (χ0v) is 14.2. The normalized spacial score (nSPS) is 12.2. The highest BCUT2D eigenvalue weighted by Gasteiger charge is 2.10. The molecule has 5 heteroatoms. The van der Waals surface area contributed by atoms with Gasteiger partial charge in [0.25, 0.3) is 0 Å². The monoisotopic (exact) mass is 355 g/mol. The maximum absolute atomic E-state index is 5.34. The van der Waals surface area contributed by atoms with Crippen molar-refractivity contribution in [3.05, 3.63) is 44.6 Å². The van der Waals surface area contributed by atoms with Gasteiger partial charge in [-0.3, -0.25) is 0 Å². The molecule has 0 amide bonds. The summed E-state index contributed by atoms with van der Waals surface area (Å²) in [7, 11) is 3.30. The summed E-state index contributed by atoms with van der Waals surface area (Å²) < 4.78 is 11.7. The molecule has 1 unspecified atom stereocenters. The molecule has 3 nitrogen and oxygen atoms in total. The molecule has 1 N–H and O–H groups in total. The fourth-order valence-electron chi connectivity index (χ4n) is 1.94. The molecule has 108 valence electrons. The Kier molecular flexibility index (Phi) is 5.46. The first-order chi connectivity index (χ1) is 9.63. The number of hydrogen-bond acceptors (Lipinski definition) is 4. The van der Waals surface area contributed by atoms with Crippen molar-refractivity contribution in [2.75, 3.05) is 14.2 Å². The first-order valence-electron chi connectivity index (χ1n) is 6.32. The molecule has 0 aliphatic carbocycles. The van der Waals surface area contributed by atoms with E-state index in [1.54, 1.807) is 25.6 Å². The van der Waals surface area contributed by atoms with Crippen molar-refractivity contribution in [1.82, 2.24) is 5.32 Å². The summed E-state index contributed by atoms with van der Waals surface area (Å²) in [6.07, 6.45) is 0. The van der Waals surface area contributed by atoms with Crippen LogP contribution in [-0.4, -0.2) is 14.2 Å². The average molecular weight is 356 g/mol. The van der Waals surface area contributed by atoms with Crippen LogP contribution in [0.5, 0.6) is 11.5 Å². The molecule has 0 aliphatic heterocycles. The van der Waals surface area contributed by atoms with Gasteiger partial charge in [0, 0.05) is 27.3 Å². The van der Waals surface area contributed by atoms with Crippen LogP contribution in [0.3, 0.4) is 0 Å². The zero-order chi connectivity index (χ0) is 14.5. The lowest BCUT2D eigenvalue weighted by Crippen LogP contribution is -2.17. The summed E-state index contributed by atoms with van der Waals surface area (Å²) in [6, 6.07) is 8.40. The molecule has 1 aromatic carbocycles. The molecular weight excluding hydrogens is 338 g/mol. The van der Waals surface area contributed by atoms with E-state index in [0.29, 0.717) is 0 Å². The topological polar surface area (TPSA) is 30.5 Å². The Morgan fingerprint density at radius 3 is 2.55 bits per heavy atom. The number of halogens is 1. The molecule has 0 radical (unpaired) electrons. The summed E-state index contributed by atoms with van der Waals surface area (Å²) in [5.41, 5.74) is 1.18. The molecule has 0 spiro atoms. The molecule has 1 atom stereocenters. The summed E-state index contributed by atoms with van der Waals surface area (Å²) in [5, 5.41) is 5.61. The fourth-order valence-corrected chi connectivity index (χ4v) is 3.34. The molecule has 0 bridgehead atoms. The van der Waals surface area contributed by atoms with Gasteiger partial charge in [-0.1, -0.05) is 6.07 Å². The molecule has 1 aromatic heterocycles. The Morgan fingerprint density at radius 2 is 1.95 bits per heavy atom. The van der Waals surface area contributed by atoms with Gasteiger partial charge in [-0.2, -0.15) is 0 Å². The first kappa shape index (κ1) is 15.4. The van der Waals surface area contributed by atoms with Gasteiger partial charge in [0.1, 0.15) is 0 Å². The van der Waals surface area contributed by atoms with Crippen LogP contribution in [0.25, 0.3) is 0 Å². The lowest BCUT2D eigenvalue weighted by molar-refractivity contribution is 0.354. The zero-order valence-electron chi connectivity index (χ0n) is 11.8. The maximum Gasteiger partial charge on any atom is 0.161 e. The highest BCUT2D eigenvalue weighted by molar-refractivity contribution is 9.10. The summed E-state index contributed by atoms with van der Waals surface area (Å²) >= 11 is 5.22. The second-order valence-corrected chi connectivity index (χ2v) is 6.36. The number of ether oxygens (including phenoxy) is 2. The Bertz CT molecular complexity index is 571. The molecule has 2 rings (SSSR count). The lowest BCUT2D eigenvalue weighted by Gasteiger charge is -2.16. The molecule has 0 saturated carbocycles. The molecule has 2 aromatic rings. The molecule has 0 fully saturated rings. The van der Waals surface area contributed by atoms with E-state index in [2.05, 4.69) is 45.7 Å². The fraction of sp³-hybridized carbons (Fsp3) is 0.333. The minimum absolute atomic E-state index is 0.246. The highest BCUT2D eigenvalue weighted by atomic mass is 79.9. The van der Waals surface area contributed by atoms with Crippen molar-refractivity contribution in [2.45, 2.75) is 19.5 Å². The molecule has 0 aliphatic rings. The van der Waals surface area contributed by atoms with E-state index in [9.17, 15) is 0 Å². The van der Waals surface area contributed by atoms with E-state index < -0.39 is 0 Å². The van der Waals surface area contributed by atoms with Gasteiger partial charge in [0.05, 0.1) is 14.2 Å². The van der Waals surface area contributed by atoms with Crippen LogP contribution >= 0.6 is 27.3 Å². The van der Waals surface area contributed by atoms with Gasteiger partial charge in [-0.25, -0.2) is 0 Å². The van der Waals surface area contributed by atoms with Gasteiger partial charge in [0.15, 0.2) is 11.5 Å². The Morgan fingerprint density at radius 1 is 1.20 bits per heavy atom. The number of nitrogens with one attached hydrogen (secondary N) is 1. The average Bonchev–Trinajstić information content (AvgIpc) is 2.89. The SMILES string of the molecule is COc1ccc(C(C)NCc2cc(Br)cs2)cc1OC. The van der Waals surface area contributed by atoms with Crippen molar-refractivity contribution in [2.24, 2.45) is 0 Å². The van der Waals surface area contributed by atoms with Crippen LogP contribution in [0.2, 0.25) is 0 Å². The summed E-state index contributed by atoms with van der Waals surface area (Å²) in [4.78, 5) is 1.31. The smallest absolute Gasteiger partial charge is 0.161 e. The summed E-state index contributed by atoms with van der Waals surface area (Å²) in [6.45, 7) is 3.00. The van der Waals surface area contributed by atoms with Crippen LogP contribution in [0.4, 0.5) is 0 Å². The number of methoxy groups -OCH3 is 2. The molecule has 1 heterocycles. The minimum Gasteiger partial charge on any atom is -0.493 e. The van der Waals surface area contributed by atoms with E-state index in [1.807, 2.05) is 12.1 Å². The Hall–Kier alpha value is -1.04. The minimum atomic E-state index is 0.246. The van der Waals surface area contributed by atoms with E-state index in [1.165, 1.54) is 10.4 Å². The third-order valence-electron chi connectivity index (χ3n) is 3.11. The predicted octanol–water partition coefficient (Wildman–Crippen LogP) is 4.38. The predicted molar refractivity (Wildman–Crippen MR) is 86.8 cm³/mol. The van der Waals surface area contributed by atoms with Crippen LogP contribution in [0.15, 0.2) is 34.1 Å². The van der Waals surface area contributed by atoms with Crippen molar-refractivity contribution in [3.63, 3.8) is 0 Å². The number of hydrogen-bond donors (Lipinski definition) is 1. The summed E-state index contributed by atoms with van der Waals surface area (Å²) in [5.74, 6) is 1.52. The van der Waals surface area contributed by atoms with Gasteiger partial charge in [-0.15, -0.1) is 11.3 Å². The standard InChI is InChI=1S/C15H18BrNO2S/c1-10(17-8-13-7-12(16)9-20-13)11-4-5-14(18-2)15(6-11)19-3/h4-7,9-10,17H,8H2,1-3H3. The maximum atomic E-state index is 5.34. The molecule has 20 heavy (non-hydrogen) atoms. The van der Waals surface area contributed by atoms with Crippen LogP contribution in [-0.2, 0) is 6.54 Å². The van der Waals surface area contributed by atoms with Gasteiger partial charge in [-0.05, 0) is 46.6 Å². The van der Waals surface area contributed by atoms with Gasteiger partial charge in [0.2, 0.25) is 0 Å². The van der Waals surface area contributed by atoms with E-state index in [-0.39, 0.29) is 6.04 Å². The van der Waals surface area contributed by atoms with Crippen LogP contribution in [0.1, 0.15) is 23.4 Å². The third-order valence-corrected chi connectivity index (χ3v) is 4.81. The number of benzene rings is 1. The third kappa shape index (κ3) is 3.75. The quantitative estimate of drug-likeness (QED) is 0.833. The van der Waals surface area contributed by atoms with E-state index in [4.69, 9.17) is 9.47 Å². The Labute approximate surface area is 132 Å². The van der Waals surface area contributed by atoms with Crippen LogP contribution in [0, 0.1) is 0 Å². The lowest BCUT2D eigenvalue weighted by atomic mass is 10.1. The molecular formula is C15H18BrNO2S. The number of rotatable bonds is 6. The van der Waals surface area contributed by atoms with Gasteiger partial charge < -0.3 is 14.8 Å². The second kappa shape index (κ2) is 7.11. The first-order valence-corrected chi connectivity index (χ1v) is 7.99. The van der Waals surface area contributed by atoms with E-state index in [0.717, 1.165) is 22.5 Å². The second-order valence-electron chi connectivity index (χ2n) is 4.45. The van der Waals surface area contributed by atoms with Gasteiger partial charge >= 0.3 is 0 Å². The highest BCUT2D eigenvalue weighted by Crippen LogP contribution is 2.30. The van der Waals surface area contributed by atoms with E-state index >= 15 is 0 Å². The van der Waals surface area contributed by atoms with Crippen molar-refractivity contribution in [3.8, 4) is 11.5 Å². The van der Waals surface area contributed by atoms with Crippen molar-refractivity contribution < 1.29 is 9.47 Å². The number of thiophene rings is 1. The largest absolute Gasteiger partial charge is 0.493 e. The van der Waals surface area contributed by atoms with Crippen molar-refractivity contribution in [1.29, 1.82) is 0 Å². The van der Waals surface area contributed by atoms with Crippen LogP contribution < -0.4 is 14.8 Å². The Balaban J connectivity index is 2.03. The van der Waals surface area contributed by atoms with Crippen molar-refractivity contribution >= 4 is 27.3 Å². The molecule has 0 saturated heterocycles.